The minimum Gasteiger partial charge on any atom is -0.0557 e. The second-order valence-corrected chi connectivity index (χ2v) is 5.46. The number of hydrogen-bond acceptors (Lipinski definition) is 0. The lowest BCUT2D eigenvalue weighted by atomic mass is 9.95. The van der Waals surface area contributed by atoms with Crippen LogP contribution in [0.5, 0.6) is 0 Å². The van der Waals surface area contributed by atoms with Gasteiger partial charge in [0.25, 0.3) is 0 Å². The third-order valence-corrected chi connectivity index (χ3v) is 3.73. The summed E-state index contributed by atoms with van der Waals surface area (Å²) in [6, 6.07) is 13.7. The molecule has 0 atom stereocenters. The number of hydrogen-bond donors (Lipinski definition) is 0. The van der Waals surface area contributed by atoms with Gasteiger partial charge in [0.2, 0.25) is 0 Å². The molecule has 90 valence electrons. The predicted molar refractivity (Wildman–Crippen MR) is 80.4 cm³/mol. The largest absolute Gasteiger partial charge is 0.0557 e. The van der Waals surface area contributed by atoms with E-state index in [9.17, 15) is 0 Å². The minimum absolute atomic E-state index is 1.34. The Morgan fingerprint density at radius 1 is 0.500 bits per heavy atom. The highest BCUT2D eigenvalue weighted by Crippen LogP contribution is 2.29. The van der Waals surface area contributed by atoms with Gasteiger partial charge in [0.1, 0.15) is 0 Å². The summed E-state index contributed by atoms with van der Waals surface area (Å²) in [4.78, 5) is 0. The molecule has 18 heavy (non-hydrogen) atoms. The highest BCUT2D eigenvalue weighted by Gasteiger charge is 2.04. The van der Waals surface area contributed by atoms with E-state index in [-0.39, 0.29) is 0 Å². The number of rotatable bonds is 0. The Bertz CT molecular complexity index is 696. The highest BCUT2D eigenvalue weighted by atomic mass is 14.1. The third-order valence-electron chi connectivity index (χ3n) is 3.73. The lowest BCUT2D eigenvalue weighted by Crippen LogP contribution is -1.86. The van der Waals surface area contributed by atoms with Crippen molar-refractivity contribution in [2.75, 3.05) is 0 Å². The van der Waals surface area contributed by atoms with Crippen LogP contribution < -0.4 is 0 Å². The molecule has 0 aromatic heterocycles. The average molecular weight is 234 g/mol. The third kappa shape index (κ3) is 1.69. The number of aryl methyl sites for hydroxylation is 4. The fraction of sp³-hybridized carbons (Fsp3) is 0.222. The molecule has 0 aliphatic carbocycles. The maximum Gasteiger partial charge on any atom is -0.0148 e. The lowest BCUT2D eigenvalue weighted by Gasteiger charge is -2.09. The fourth-order valence-electron chi connectivity index (χ4n) is 2.97. The van der Waals surface area contributed by atoms with Gasteiger partial charge in [-0.3, -0.25) is 0 Å². The molecule has 0 amide bonds. The normalized spacial score (nSPS) is 11.3. The van der Waals surface area contributed by atoms with Crippen molar-refractivity contribution >= 4 is 21.5 Å². The second-order valence-electron chi connectivity index (χ2n) is 5.46. The molecule has 3 rings (SSSR count). The first-order valence-electron chi connectivity index (χ1n) is 6.46. The molecule has 3 aromatic rings. The molecule has 0 bridgehead atoms. The van der Waals surface area contributed by atoms with Gasteiger partial charge in [0, 0.05) is 0 Å². The zero-order valence-electron chi connectivity index (χ0n) is 11.5. The summed E-state index contributed by atoms with van der Waals surface area (Å²) in [5.74, 6) is 0. The Hall–Kier alpha value is -1.82. The van der Waals surface area contributed by atoms with Crippen molar-refractivity contribution in [1.82, 2.24) is 0 Å². The fourth-order valence-corrected chi connectivity index (χ4v) is 2.97. The van der Waals surface area contributed by atoms with Crippen LogP contribution in [0.25, 0.3) is 21.5 Å². The van der Waals surface area contributed by atoms with Crippen molar-refractivity contribution in [3.63, 3.8) is 0 Å². The van der Waals surface area contributed by atoms with Crippen molar-refractivity contribution in [3.8, 4) is 0 Å². The van der Waals surface area contributed by atoms with Gasteiger partial charge in [-0.1, -0.05) is 35.4 Å². The molecule has 0 N–H and O–H groups in total. The molecular formula is C18H18. The zero-order valence-corrected chi connectivity index (χ0v) is 11.5. The molecule has 0 saturated heterocycles. The van der Waals surface area contributed by atoms with E-state index >= 15 is 0 Å². The summed E-state index contributed by atoms with van der Waals surface area (Å²) in [6.07, 6.45) is 0. The monoisotopic (exact) mass is 234 g/mol. The van der Waals surface area contributed by atoms with Crippen molar-refractivity contribution in [2.24, 2.45) is 0 Å². The van der Waals surface area contributed by atoms with E-state index < -0.39 is 0 Å². The van der Waals surface area contributed by atoms with Crippen LogP contribution in [0.3, 0.4) is 0 Å². The second kappa shape index (κ2) is 3.84. The first-order chi connectivity index (χ1) is 8.54. The van der Waals surface area contributed by atoms with Crippen molar-refractivity contribution in [1.29, 1.82) is 0 Å². The molecule has 0 aliphatic rings. The van der Waals surface area contributed by atoms with Gasteiger partial charge < -0.3 is 0 Å². The van der Waals surface area contributed by atoms with Gasteiger partial charge in [-0.15, -0.1) is 0 Å². The van der Waals surface area contributed by atoms with E-state index in [2.05, 4.69) is 64.1 Å². The zero-order chi connectivity index (χ0) is 12.9. The molecular weight excluding hydrogens is 216 g/mol. The predicted octanol–water partition coefficient (Wildman–Crippen LogP) is 5.23. The molecule has 3 aromatic carbocycles. The lowest BCUT2D eigenvalue weighted by molar-refractivity contribution is 1.42. The number of fused-ring (bicyclic) bond motifs is 2. The topological polar surface area (TPSA) is 0 Å². The van der Waals surface area contributed by atoms with Crippen LogP contribution in [0.1, 0.15) is 22.3 Å². The standard InChI is InChI=1S/C18H18/c1-11-5-13(3)17-10-16-8-12(2)6-14(4)18(16)9-15(17)7-11/h5-10H,1-4H3. The summed E-state index contributed by atoms with van der Waals surface area (Å²) < 4.78 is 0. The average Bonchev–Trinajstić information content (AvgIpc) is 2.27. The van der Waals surface area contributed by atoms with Crippen LogP contribution in [0, 0.1) is 27.7 Å². The summed E-state index contributed by atoms with van der Waals surface area (Å²) in [6.45, 7) is 8.73. The number of benzene rings is 3. The smallest absolute Gasteiger partial charge is 0.0148 e. The van der Waals surface area contributed by atoms with Crippen LogP contribution in [0.2, 0.25) is 0 Å². The summed E-state index contributed by atoms with van der Waals surface area (Å²) in [5.41, 5.74) is 5.41. The maximum atomic E-state index is 2.33. The van der Waals surface area contributed by atoms with Crippen LogP contribution in [0.4, 0.5) is 0 Å². The van der Waals surface area contributed by atoms with E-state index in [1.165, 1.54) is 43.8 Å². The molecule has 0 radical (unpaired) electrons. The van der Waals surface area contributed by atoms with Crippen molar-refractivity contribution < 1.29 is 0 Å². The Morgan fingerprint density at radius 3 is 1.28 bits per heavy atom. The minimum atomic E-state index is 1.34. The maximum absolute atomic E-state index is 2.33. The Morgan fingerprint density at radius 2 is 0.889 bits per heavy atom. The molecule has 0 unspecified atom stereocenters. The molecule has 0 heteroatoms. The molecule has 0 aliphatic heterocycles. The van der Waals surface area contributed by atoms with E-state index in [1.54, 1.807) is 0 Å². The first-order valence-corrected chi connectivity index (χ1v) is 6.46. The molecule has 0 nitrogen and oxygen atoms in total. The van der Waals surface area contributed by atoms with Gasteiger partial charge in [0.15, 0.2) is 0 Å². The van der Waals surface area contributed by atoms with Gasteiger partial charge in [-0.2, -0.15) is 0 Å². The molecule has 0 saturated carbocycles. The van der Waals surface area contributed by atoms with Crippen LogP contribution in [0.15, 0.2) is 36.4 Å². The van der Waals surface area contributed by atoms with Crippen LogP contribution in [-0.4, -0.2) is 0 Å². The van der Waals surface area contributed by atoms with Gasteiger partial charge in [0.05, 0.1) is 0 Å². The van der Waals surface area contributed by atoms with Crippen LogP contribution >= 0.6 is 0 Å². The summed E-state index contributed by atoms with van der Waals surface area (Å²) in [7, 11) is 0. The Kier molecular flexibility index (Phi) is 2.41. The highest BCUT2D eigenvalue weighted by molar-refractivity contribution is 6.01. The van der Waals surface area contributed by atoms with Gasteiger partial charge >= 0.3 is 0 Å². The van der Waals surface area contributed by atoms with Crippen LogP contribution in [-0.2, 0) is 0 Å². The molecule has 0 heterocycles. The molecule has 0 fully saturated rings. The SMILES string of the molecule is Cc1cc(C)c2cc3cc(C)cc(C)c3cc2c1. The summed E-state index contributed by atoms with van der Waals surface area (Å²) >= 11 is 0. The first kappa shape index (κ1) is 11.3. The van der Waals surface area contributed by atoms with Crippen molar-refractivity contribution in [3.05, 3.63) is 58.7 Å². The van der Waals surface area contributed by atoms with Crippen molar-refractivity contribution in [2.45, 2.75) is 27.7 Å². The van der Waals surface area contributed by atoms with Gasteiger partial charge in [-0.05, 0) is 72.5 Å². The quantitative estimate of drug-likeness (QED) is 0.467. The van der Waals surface area contributed by atoms with E-state index in [0.29, 0.717) is 0 Å². The Labute approximate surface area is 108 Å². The van der Waals surface area contributed by atoms with Gasteiger partial charge in [-0.25, -0.2) is 0 Å². The molecule has 0 spiro atoms. The Balaban J connectivity index is 2.51. The van der Waals surface area contributed by atoms with E-state index in [0.717, 1.165) is 0 Å². The van der Waals surface area contributed by atoms with E-state index in [4.69, 9.17) is 0 Å². The summed E-state index contributed by atoms with van der Waals surface area (Å²) in [5, 5.41) is 5.45. The van der Waals surface area contributed by atoms with E-state index in [1.807, 2.05) is 0 Å².